The molecule has 2 aromatic rings. The van der Waals surface area contributed by atoms with E-state index in [1.165, 1.54) is 13.0 Å². The largest absolute Gasteiger partial charge is 0.514 e. The molecule has 0 unspecified atom stereocenters. The van der Waals surface area contributed by atoms with Gasteiger partial charge in [-0.05, 0) is 30.0 Å². The summed E-state index contributed by atoms with van der Waals surface area (Å²) < 4.78 is 26.9. The molecular weight excluding hydrogens is 617 g/mol. The van der Waals surface area contributed by atoms with E-state index in [9.17, 15) is 19.5 Å². The third kappa shape index (κ3) is 6.06. The molecule has 1 N–H and O–H groups in total. The van der Waals surface area contributed by atoms with Crippen LogP contribution in [-0.2, 0) is 24.9 Å². The predicted molar refractivity (Wildman–Crippen MR) is 185 cm³/mol. The summed E-state index contributed by atoms with van der Waals surface area (Å²) in [6.45, 7) is 26.0. The third-order valence-corrected chi connectivity index (χ3v) is 18.7. The Balaban J connectivity index is 2.01. The SMILES string of the molecule is CC(=O)/C=C(\O)CC(=O)c1c(CC2=CC(=O)O[Si](C(C)(C)C)(C(C)(C)C)O2)cc2cccc3c2c1O[Si](C(C)(C)C)(C(C)(C)C)O3. The van der Waals surface area contributed by atoms with E-state index in [4.69, 9.17) is 17.7 Å². The molecule has 2 aliphatic rings. The first kappa shape index (κ1) is 35.5. The molecule has 0 fully saturated rings. The van der Waals surface area contributed by atoms with Crippen LogP contribution in [0.5, 0.6) is 11.5 Å². The van der Waals surface area contributed by atoms with Gasteiger partial charge in [-0.3, -0.25) is 9.59 Å². The predicted octanol–water partition coefficient (Wildman–Crippen LogP) is 9.30. The van der Waals surface area contributed by atoms with Crippen molar-refractivity contribution in [1.29, 1.82) is 0 Å². The van der Waals surface area contributed by atoms with Crippen molar-refractivity contribution in [3.8, 4) is 11.5 Å². The average molecular weight is 667 g/mol. The highest BCUT2D eigenvalue weighted by Gasteiger charge is 2.65. The number of rotatable bonds is 6. The molecule has 0 saturated heterocycles. The number of carbonyl (C=O) groups is 3. The van der Waals surface area contributed by atoms with Crippen molar-refractivity contribution in [3.63, 3.8) is 0 Å². The number of ketones is 2. The molecule has 0 atom stereocenters. The van der Waals surface area contributed by atoms with E-state index in [-0.39, 0.29) is 23.5 Å². The van der Waals surface area contributed by atoms with E-state index < -0.39 is 55.4 Å². The summed E-state index contributed by atoms with van der Waals surface area (Å²) in [7, 11) is -6.45. The summed E-state index contributed by atoms with van der Waals surface area (Å²) in [5.74, 6) is -0.130. The Bertz CT molecular complexity index is 1630. The normalized spacial score (nSPS) is 18.2. The fraction of sp³-hybridized carbons (Fsp3) is 0.528. The van der Waals surface area contributed by atoms with Gasteiger partial charge in [0.25, 0.3) is 0 Å². The van der Waals surface area contributed by atoms with Gasteiger partial charge in [0.15, 0.2) is 11.6 Å². The van der Waals surface area contributed by atoms with Gasteiger partial charge >= 0.3 is 23.1 Å². The highest BCUT2D eigenvalue weighted by molar-refractivity contribution is 6.76. The summed E-state index contributed by atoms with van der Waals surface area (Å²) in [5, 5.41) is 10.4. The minimum Gasteiger partial charge on any atom is -0.514 e. The van der Waals surface area contributed by atoms with Crippen molar-refractivity contribution in [2.45, 2.75) is 123 Å². The Morgan fingerprint density at radius 1 is 0.804 bits per heavy atom. The molecule has 8 nitrogen and oxygen atoms in total. The van der Waals surface area contributed by atoms with Crippen molar-refractivity contribution in [2.75, 3.05) is 0 Å². The zero-order valence-electron chi connectivity index (χ0n) is 29.7. The minimum absolute atomic E-state index is 0.116. The summed E-state index contributed by atoms with van der Waals surface area (Å²) >= 11 is 0. The van der Waals surface area contributed by atoms with E-state index in [0.29, 0.717) is 28.2 Å². The van der Waals surface area contributed by atoms with Gasteiger partial charge in [0.1, 0.15) is 17.3 Å². The summed E-state index contributed by atoms with van der Waals surface area (Å²) in [6.07, 6.45) is 2.13. The molecule has 0 aliphatic carbocycles. The van der Waals surface area contributed by atoms with Crippen LogP contribution < -0.4 is 8.85 Å². The molecule has 4 rings (SSSR count). The highest BCUT2D eigenvalue weighted by Crippen LogP contribution is 2.58. The first-order chi connectivity index (χ1) is 20.8. The lowest BCUT2D eigenvalue weighted by atomic mass is 9.92. The molecule has 0 saturated carbocycles. The second-order valence-electron chi connectivity index (χ2n) is 16.7. The fourth-order valence-corrected chi connectivity index (χ4v) is 16.1. The molecule has 46 heavy (non-hydrogen) atoms. The average Bonchev–Trinajstić information content (AvgIpc) is 2.85. The number of hydrogen-bond donors (Lipinski definition) is 1. The Morgan fingerprint density at radius 2 is 1.35 bits per heavy atom. The van der Waals surface area contributed by atoms with Crippen LogP contribution in [0.4, 0.5) is 0 Å². The van der Waals surface area contributed by atoms with Gasteiger partial charge in [-0.15, -0.1) is 0 Å². The van der Waals surface area contributed by atoms with Crippen LogP contribution in [-0.4, -0.2) is 39.8 Å². The van der Waals surface area contributed by atoms with E-state index in [1.54, 1.807) is 0 Å². The molecule has 0 aromatic heterocycles. The molecular formula is C36H50O8Si2. The number of aliphatic hydroxyl groups excluding tert-OH is 1. The molecule has 2 aromatic carbocycles. The zero-order chi connectivity index (χ0) is 34.8. The fourth-order valence-electron chi connectivity index (χ4n) is 7.22. The van der Waals surface area contributed by atoms with Crippen LogP contribution in [0.15, 0.2) is 47.9 Å². The van der Waals surface area contributed by atoms with Crippen LogP contribution in [0, 0.1) is 0 Å². The third-order valence-electron chi connectivity index (χ3n) is 8.77. The molecule has 0 amide bonds. The summed E-state index contributed by atoms with van der Waals surface area (Å²) in [4.78, 5) is 39.3. The lowest BCUT2D eigenvalue weighted by molar-refractivity contribution is -0.133. The number of Topliss-reactive ketones (excluding diaryl/α,β-unsaturated/α-hetero) is 1. The highest BCUT2D eigenvalue weighted by atomic mass is 28.4. The van der Waals surface area contributed by atoms with Crippen molar-refractivity contribution >= 4 is 45.4 Å². The van der Waals surface area contributed by atoms with Crippen LogP contribution >= 0.6 is 0 Å². The van der Waals surface area contributed by atoms with E-state index in [2.05, 4.69) is 41.5 Å². The molecule has 10 heteroatoms. The van der Waals surface area contributed by atoms with Gasteiger partial charge in [-0.25, -0.2) is 4.79 Å². The summed E-state index contributed by atoms with van der Waals surface area (Å²) in [6, 6.07) is 7.67. The molecule has 0 bridgehead atoms. The second kappa shape index (κ2) is 11.4. The summed E-state index contributed by atoms with van der Waals surface area (Å²) in [5.41, 5.74) is 0.860. The molecule has 250 valence electrons. The van der Waals surface area contributed by atoms with Gasteiger partial charge in [0, 0.05) is 32.6 Å². The maximum atomic E-state index is 14.3. The van der Waals surface area contributed by atoms with Gasteiger partial charge in [0.2, 0.25) is 0 Å². The lowest BCUT2D eigenvalue weighted by Crippen LogP contribution is -2.63. The first-order valence-corrected chi connectivity index (χ1v) is 19.5. The minimum atomic E-state index is -3.23. The first-order valence-electron chi connectivity index (χ1n) is 15.9. The number of allylic oxidation sites excluding steroid dienone is 3. The van der Waals surface area contributed by atoms with E-state index >= 15 is 0 Å². The van der Waals surface area contributed by atoms with Crippen molar-refractivity contribution < 1.29 is 37.2 Å². The van der Waals surface area contributed by atoms with Gasteiger partial charge in [0.05, 0.1) is 29.2 Å². The topological polar surface area (TPSA) is 108 Å². The van der Waals surface area contributed by atoms with Crippen LogP contribution in [0.1, 0.15) is 112 Å². The van der Waals surface area contributed by atoms with E-state index in [0.717, 1.165) is 11.5 Å². The Morgan fingerprint density at radius 3 is 1.87 bits per heavy atom. The Hall–Kier alpha value is -3.38. The van der Waals surface area contributed by atoms with Crippen molar-refractivity contribution in [3.05, 3.63) is 59.1 Å². The number of aliphatic hydroxyl groups is 1. The molecule has 2 aliphatic heterocycles. The Labute approximate surface area is 275 Å². The maximum Gasteiger partial charge on any atom is 0.473 e. The smallest absolute Gasteiger partial charge is 0.473 e. The van der Waals surface area contributed by atoms with Gasteiger partial charge in [-0.1, -0.05) is 95.2 Å². The maximum absolute atomic E-state index is 14.3. The van der Waals surface area contributed by atoms with Crippen LogP contribution in [0.2, 0.25) is 20.2 Å². The van der Waals surface area contributed by atoms with E-state index in [1.807, 2.05) is 65.8 Å². The standard InChI is InChI=1S/C36H50O8Si2/c1-22(37)17-25(38)20-27(39)30-24(19-26-21-29(40)43-45(41-26,33(2,3)4)34(5,6)7)18-23-15-14-16-28-31(23)32(30)44-46(42-28,35(8,9)10)36(11,12)13/h14-18,21,38H,19-20H2,1-13H3/b25-17-. The van der Waals surface area contributed by atoms with Crippen LogP contribution in [0.25, 0.3) is 10.8 Å². The zero-order valence-corrected chi connectivity index (χ0v) is 31.7. The number of benzene rings is 2. The van der Waals surface area contributed by atoms with Gasteiger partial charge < -0.3 is 22.8 Å². The number of hydrogen-bond acceptors (Lipinski definition) is 8. The van der Waals surface area contributed by atoms with Crippen LogP contribution in [0.3, 0.4) is 0 Å². The quantitative estimate of drug-likeness (QED) is 0.141. The second-order valence-corrected chi connectivity index (χ2v) is 26.0. The molecule has 2 heterocycles. The molecule has 0 spiro atoms. The van der Waals surface area contributed by atoms with Crippen molar-refractivity contribution in [1.82, 2.24) is 0 Å². The molecule has 0 radical (unpaired) electrons. The monoisotopic (exact) mass is 666 g/mol. The Kier molecular flexibility index (Phi) is 8.79. The van der Waals surface area contributed by atoms with Crippen molar-refractivity contribution in [2.24, 2.45) is 0 Å². The number of carbonyl (C=O) groups excluding carboxylic acids is 3. The lowest BCUT2D eigenvalue weighted by Gasteiger charge is -2.50. The van der Waals surface area contributed by atoms with Gasteiger partial charge in [-0.2, -0.15) is 0 Å².